The van der Waals surface area contributed by atoms with Gasteiger partial charge in [-0.2, -0.15) is 0 Å². The van der Waals surface area contributed by atoms with Crippen LogP contribution in [0.4, 0.5) is 0 Å². The van der Waals surface area contributed by atoms with E-state index >= 15 is 0 Å². The molecule has 1 heterocycles. The average Bonchev–Trinajstić information content (AvgIpc) is 2.89. The van der Waals surface area contributed by atoms with Crippen molar-refractivity contribution in [3.8, 4) is 11.8 Å². The third-order valence-electron chi connectivity index (χ3n) is 3.78. The number of nitrogens with zero attached hydrogens (tertiary/aromatic N) is 1. The van der Waals surface area contributed by atoms with Gasteiger partial charge < -0.3 is 10.2 Å². The molecule has 0 saturated carbocycles. The summed E-state index contributed by atoms with van der Waals surface area (Å²) in [4.78, 5) is 2.44. The minimum absolute atomic E-state index is 0.115. The lowest BCUT2D eigenvalue weighted by molar-refractivity contribution is 0.249. The summed E-state index contributed by atoms with van der Waals surface area (Å²) in [6.07, 6.45) is 2.62. The van der Waals surface area contributed by atoms with Gasteiger partial charge in [-0.3, -0.25) is 4.90 Å². The Labute approximate surface area is 121 Å². The second kappa shape index (κ2) is 8.06. The van der Waals surface area contributed by atoms with E-state index in [9.17, 15) is 0 Å². The summed E-state index contributed by atoms with van der Waals surface area (Å²) in [7, 11) is 0. The van der Waals surface area contributed by atoms with Crippen LogP contribution >= 0.6 is 0 Å². The number of hydrogen-bond acceptors (Lipinski definition) is 3. The van der Waals surface area contributed by atoms with Crippen molar-refractivity contribution in [1.82, 2.24) is 4.90 Å². The van der Waals surface area contributed by atoms with Crippen LogP contribution in [0.25, 0.3) is 0 Å². The van der Waals surface area contributed by atoms with Crippen molar-refractivity contribution in [2.45, 2.75) is 25.8 Å². The Balaban J connectivity index is 1.98. The van der Waals surface area contributed by atoms with Crippen molar-refractivity contribution in [1.29, 1.82) is 0 Å². The number of aliphatic hydroxyl groups is 2. The Kier molecular flexibility index (Phi) is 6.07. The molecule has 0 radical (unpaired) electrons. The van der Waals surface area contributed by atoms with Gasteiger partial charge in [0.25, 0.3) is 0 Å². The van der Waals surface area contributed by atoms with E-state index in [0.29, 0.717) is 18.9 Å². The monoisotopic (exact) mass is 273 g/mol. The van der Waals surface area contributed by atoms with Gasteiger partial charge in [0.1, 0.15) is 0 Å². The summed E-state index contributed by atoms with van der Waals surface area (Å²) in [5, 5.41) is 17.8. The van der Waals surface area contributed by atoms with E-state index in [1.54, 1.807) is 0 Å². The van der Waals surface area contributed by atoms with E-state index in [1.165, 1.54) is 12.0 Å². The van der Waals surface area contributed by atoms with Crippen LogP contribution < -0.4 is 0 Å². The Hall–Kier alpha value is -1.34. The molecular weight excluding hydrogens is 250 g/mol. The van der Waals surface area contributed by atoms with Crippen LogP contribution in [0.2, 0.25) is 0 Å². The molecule has 20 heavy (non-hydrogen) atoms. The van der Waals surface area contributed by atoms with Crippen LogP contribution in [0.1, 0.15) is 30.4 Å². The molecule has 2 N–H and O–H groups in total. The molecule has 0 amide bonds. The van der Waals surface area contributed by atoms with Crippen LogP contribution in [-0.2, 0) is 6.54 Å². The summed E-state index contributed by atoms with van der Waals surface area (Å²) in [5.41, 5.74) is 2.31. The molecule has 1 aromatic rings. The fourth-order valence-electron chi connectivity index (χ4n) is 2.71. The van der Waals surface area contributed by atoms with Crippen molar-refractivity contribution in [2.24, 2.45) is 5.92 Å². The highest BCUT2D eigenvalue weighted by molar-refractivity contribution is 5.41. The molecule has 1 aliphatic heterocycles. The van der Waals surface area contributed by atoms with Crippen molar-refractivity contribution in [2.75, 3.05) is 26.3 Å². The van der Waals surface area contributed by atoms with Gasteiger partial charge >= 0.3 is 0 Å². The van der Waals surface area contributed by atoms with Gasteiger partial charge in [0.15, 0.2) is 0 Å². The number of hydrogen-bond donors (Lipinski definition) is 2. The first kappa shape index (κ1) is 15.1. The second-order valence-corrected chi connectivity index (χ2v) is 5.33. The molecule has 1 aromatic carbocycles. The standard InChI is InChI=1S/C17H23NO2/c19-11-4-3-6-16-5-1-2-7-17(16)14-18-10-8-15(13-18)9-12-20/h1-2,5,7,15,19-20H,4,8-14H2. The SMILES string of the molecule is OCCC#Cc1ccccc1CN1CCC(CCO)C1. The molecule has 0 aliphatic carbocycles. The predicted octanol–water partition coefficient (Wildman–Crippen LogP) is 1.62. The predicted molar refractivity (Wildman–Crippen MR) is 80.1 cm³/mol. The maximum atomic E-state index is 9.01. The van der Waals surface area contributed by atoms with Gasteiger partial charge in [-0.25, -0.2) is 0 Å². The van der Waals surface area contributed by atoms with Crippen LogP contribution in [-0.4, -0.2) is 41.4 Å². The third kappa shape index (κ3) is 4.35. The number of rotatable bonds is 5. The molecule has 1 unspecified atom stereocenters. The van der Waals surface area contributed by atoms with Crippen molar-refractivity contribution >= 4 is 0 Å². The summed E-state index contributed by atoms with van der Waals surface area (Å²) in [6, 6.07) is 8.22. The molecule has 0 bridgehead atoms. The second-order valence-electron chi connectivity index (χ2n) is 5.33. The summed E-state index contributed by atoms with van der Waals surface area (Å²) < 4.78 is 0. The van der Waals surface area contributed by atoms with E-state index in [-0.39, 0.29) is 6.61 Å². The third-order valence-corrected chi connectivity index (χ3v) is 3.78. The number of aliphatic hydroxyl groups excluding tert-OH is 2. The van der Waals surface area contributed by atoms with E-state index in [0.717, 1.165) is 31.6 Å². The van der Waals surface area contributed by atoms with E-state index in [1.807, 2.05) is 18.2 Å². The Morgan fingerprint density at radius 2 is 2.05 bits per heavy atom. The van der Waals surface area contributed by atoms with Gasteiger partial charge in [0.05, 0.1) is 6.61 Å². The molecule has 0 aromatic heterocycles. The molecule has 3 heteroatoms. The highest BCUT2D eigenvalue weighted by Gasteiger charge is 2.22. The normalized spacial score (nSPS) is 18.8. The average molecular weight is 273 g/mol. The Morgan fingerprint density at radius 1 is 1.20 bits per heavy atom. The van der Waals surface area contributed by atoms with Crippen LogP contribution in [0.5, 0.6) is 0 Å². The van der Waals surface area contributed by atoms with Crippen molar-refractivity contribution in [3.05, 3.63) is 35.4 Å². The largest absolute Gasteiger partial charge is 0.396 e. The topological polar surface area (TPSA) is 43.7 Å². The smallest absolute Gasteiger partial charge is 0.0540 e. The summed E-state index contributed by atoms with van der Waals surface area (Å²) >= 11 is 0. The first-order valence-electron chi connectivity index (χ1n) is 7.34. The molecule has 3 nitrogen and oxygen atoms in total. The lowest BCUT2D eigenvalue weighted by Crippen LogP contribution is -2.21. The fourth-order valence-corrected chi connectivity index (χ4v) is 2.71. The molecule has 1 fully saturated rings. The maximum Gasteiger partial charge on any atom is 0.0540 e. The fraction of sp³-hybridized carbons (Fsp3) is 0.529. The minimum Gasteiger partial charge on any atom is -0.396 e. The molecule has 1 atom stereocenters. The molecule has 2 rings (SSSR count). The molecule has 0 spiro atoms. The quantitative estimate of drug-likeness (QED) is 0.801. The van der Waals surface area contributed by atoms with E-state index in [4.69, 9.17) is 10.2 Å². The van der Waals surface area contributed by atoms with E-state index < -0.39 is 0 Å². The van der Waals surface area contributed by atoms with Crippen LogP contribution in [0, 0.1) is 17.8 Å². The number of benzene rings is 1. The van der Waals surface area contributed by atoms with Gasteiger partial charge in [-0.1, -0.05) is 30.0 Å². The molecule has 1 saturated heterocycles. The zero-order valence-electron chi connectivity index (χ0n) is 11.9. The minimum atomic E-state index is 0.115. The van der Waals surface area contributed by atoms with Gasteiger partial charge in [-0.05, 0) is 36.9 Å². The maximum absolute atomic E-state index is 9.01. The lowest BCUT2D eigenvalue weighted by atomic mass is 10.1. The molecule has 1 aliphatic rings. The first-order chi connectivity index (χ1) is 9.83. The molecule has 108 valence electrons. The highest BCUT2D eigenvalue weighted by Crippen LogP contribution is 2.22. The Morgan fingerprint density at radius 3 is 2.85 bits per heavy atom. The van der Waals surface area contributed by atoms with Gasteiger partial charge in [-0.15, -0.1) is 0 Å². The highest BCUT2D eigenvalue weighted by atomic mass is 16.3. The Bertz CT molecular complexity index is 475. The zero-order valence-corrected chi connectivity index (χ0v) is 11.9. The summed E-state index contributed by atoms with van der Waals surface area (Å²) in [5.74, 6) is 6.77. The van der Waals surface area contributed by atoms with Gasteiger partial charge in [0.2, 0.25) is 0 Å². The van der Waals surface area contributed by atoms with Crippen LogP contribution in [0.15, 0.2) is 24.3 Å². The molecular formula is C17H23NO2. The summed E-state index contributed by atoms with van der Waals surface area (Å²) in [6.45, 7) is 3.50. The lowest BCUT2D eigenvalue weighted by Gasteiger charge is -2.17. The van der Waals surface area contributed by atoms with E-state index in [2.05, 4.69) is 22.8 Å². The van der Waals surface area contributed by atoms with Crippen molar-refractivity contribution in [3.63, 3.8) is 0 Å². The van der Waals surface area contributed by atoms with Crippen LogP contribution in [0.3, 0.4) is 0 Å². The zero-order chi connectivity index (χ0) is 14.2. The van der Waals surface area contributed by atoms with Gasteiger partial charge in [0, 0.05) is 31.7 Å². The van der Waals surface area contributed by atoms with Crippen molar-refractivity contribution < 1.29 is 10.2 Å². The first-order valence-corrected chi connectivity index (χ1v) is 7.34. The number of likely N-dealkylation sites (tertiary alicyclic amines) is 1.